The molecule has 0 spiro atoms. The molecule has 3 heteroatoms. The zero-order valence-corrected chi connectivity index (χ0v) is 6.03. The van der Waals surface area contributed by atoms with Gasteiger partial charge in [0.2, 0.25) is 0 Å². The molecule has 0 N–H and O–H groups in total. The number of thiol groups is 1. The molecule has 0 aliphatic carbocycles. The molecule has 0 aromatic rings. The highest BCUT2D eigenvalue weighted by molar-refractivity contribution is 14.2. The van der Waals surface area contributed by atoms with Gasteiger partial charge in [-0.2, -0.15) is 0 Å². The van der Waals surface area contributed by atoms with Gasteiger partial charge in [-0.05, 0) is 7.70 Å². The first kappa shape index (κ1) is 5.79. The number of halogens is 1. The Bertz CT molecular complexity index is 71.5. The van der Waals surface area contributed by atoms with Gasteiger partial charge in [-0.15, -0.1) is 0 Å². The van der Waals surface area contributed by atoms with Crippen molar-refractivity contribution < 1.29 is 0 Å². The lowest BCUT2D eigenvalue weighted by Gasteiger charge is -1.72. The molecule has 0 radical (unpaired) electrons. The van der Waals surface area contributed by atoms with Crippen LogP contribution in [0.15, 0.2) is 0 Å². The van der Waals surface area contributed by atoms with Gasteiger partial charge in [-0.3, -0.25) is 0 Å². The summed E-state index contributed by atoms with van der Waals surface area (Å²) in [6.07, 6.45) is 0. The van der Waals surface area contributed by atoms with Gasteiger partial charge in [0.1, 0.15) is 0 Å². The normalized spacial score (nSPS) is 14.6. The zero-order chi connectivity index (χ0) is 4.28. The van der Waals surface area contributed by atoms with Crippen molar-refractivity contribution in [2.45, 2.75) is 6.92 Å². The smallest absolute Gasteiger partial charge is 0.0113 e. The van der Waals surface area contributed by atoms with Crippen LogP contribution in [0.4, 0.5) is 0 Å². The summed E-state index contributed by atoms with van der Waals surface area (Å²) in [4.78, 5) is 0. The van der Waals surface area contributed by atoms with Crippen molar-refractivity contribution in [1.82, 2.24) is 0 Å². The van der Waals surface area contributed by atoms with Gasteiger partial charge in [-0.25, -0.2) is 4.61 Å². The molecule has 0 amide bonds. The summed E-state index contributed by atoms with van der Waals surface area (Å²) in [6, 6.07) is 0. The van der Waals surface area contributed by atoms with Crippen LogP contribution in [-0.2, 0) is 0 Å². The summed E-state index contributed by atoms with van der Waals surface area (Å²) in [6.45, 7) is 1.97. The third-order valence-electron chi connectivity index (χ3n) is 0.261. The molecule has 1 atom stereocenters. The van der Waals surface area contributed by atoms with E-state index < -0.39 is 7.70 Å². The highest BCUT2D eigenvalue weighted by Gasteiger charge is 1.68. The molecule has 0 aromatic carbocycles. The van der Waals surface area contributed by atoms with Crippen LogP contribution in [0, 0.1) is 4.61 Å². The Morgan fingerprint density at radius 1 is 2.00 bits per heavy atom. The van der Waals surface area contributed by atoms with Gasteiger partial charge in [0.05, 0.1) is 0 Å². The molecule has 0 saturated heterocycles. The minimum absolute atomic E-state index is 0.628. The van der Waals surface area contributed by atoms with Crippen LogP contribution < -0.4 is 0 Å². The summed E-state index contributed by atoms with van der Waals surface area (Å²) >= 11 is 2.03. The average molecular weight is 203 g/mol. The zero-order valence-electron chi connectivity index (χ0n) is 2.98. The third kappa shape index (κ3) is 4.79. The predicted molar refractivity (Wildman–Crippen MR) is 35.3 cm³/mol. The maximum Gasteiger partial charge on any atom is 0.0113 e. The number of hydrogen-bond acceptors (Lipinski definition) is 1. The van der Waals surface area contributed by atoms with E-state index in [1.807, 2.05) is 28.1 Å². The molecule has 32 valence electrons. The van der Waals surface area contributed by atoms with Crippen LogP contribution >= 0.6 is 28.9 Å². The van der Waals surface area contributed by atoms with Crippen molar-refractivity contribution in [3.8, 4) is 0 Å². The second-order valence-corrected chi connectivity index (χ2v) is 5.30. The summed E-state index contributed by atoms with van der Waals surface area (Å²) in [5, 5.41) is 0. The third-order valence-corrected chi connectivity index (χ3v) is 2.83. The Morgan fingerprint density at radius 2 is 2.20 bits per heavy atom. The first-order valence-corrected chi connectivity index (χ1v) is 5.66. The predicted octanol–water partition coefficient (Wildman–Crippen LogP) is 1.84. The quantitative estimate of drug-likeness (QED) is 0.471. The SMILES string of the molecule is CC[SH](#N)I. The molecule has 0 aliphatic rings. The van der Waals surface area contributed by atoms with Crippen molar-refractivity contribution in [3.05, 3.63) is 0 Å². The Labute approximate surface area is 46.3 Å². The summed E-state index contributed by atoms with van der Waals surface area (Å²) in [5.41, 5.74) is 0. The number of nitrogens with zero attached hydrogens (tertiary/aromatic N) is 1. The van der Waals surface area contributed by atoms with E-state index in [0.717, 1.165) is 5.75 Å². The van der Waals surface area contributed by atoms with Crippen LogP contribution in [0.2, 0.25) is 0 Å². The average Bonchev–Trinajstić information content (AvgIpc) is 1.38. The van der Waals surface area contributed by atoms with Gasteiger partial charge in [0, 0.05) is 27.0 Å². The highest BCUT2D eigenvalue weighted by Crippen LogP contribution is 2.14. The monoisotopic (exact) mass is 203 g/mol. The van der Waals surface area contributed by atoms with Crippen molar-refractivity contribution >= 4 is 28.9 Å². The van der Waals surface area contributed by atoms with Gasteiger partial charge >= 0.3 is 0 Å². The first-order valence-electron chi connectivity index (χ1n) is 1.39. The van der Waals surface area contributed by atoms with E-state index in [1.54, 1.807) is 0 Å². The minimum Gasteiger partial charge on any atom is -0.223 e. The van der Waals surface area contributed by atoms with E-state index in [1.165, 1.54) is 0 Å². The highest BCUT2D eigenvalue weighted by atomic mass is 127. The molecule has 0 aliphatic heterocycles. The maximum atomic E-state index is 8.41. The van der Waals surface area contributed by atoms with Crippen molar-refractivity contribution in [2.24, 2.45) is 0 Å². The number of rotatable bonds is 0. The van der Waals surface area contributed by atoms with E-state index in [-0.39, 0.29) is 0 Å². The summed E-state index contributed by atoms with van der Waals surface area (Å²) in [5.74, 6) is 0.913. The molecule has 0 fully saturated rings. The van der Waals surface area contributed by atoms with Gasteiger partial charge in [0.25, 0.3) is 0 Å². The molecule has 5 heavy (non-hydrogen) atoms. The van der Waals surface area contributed by atoms with Crippen LogP contribution in [0.5, 0.6) is 0 Å². The molecule has 0 heterocycles. The molecule has 0 bridgehead atoms. The van der Waals surface area contributed by atoms with Crippen LogP contribution in [0.1, 0.15) is 6.92 Å². The Kier molecular flexibility index (Phi) is 3.47. The van der Waals surface area contributed by atoms with E-state index in [0.29, 0.717) is 0 Å². The first-order chi connectivity index (χ1) is 2.27. The molecule has 1 nitrogen and oxygen atoms in total. The lowest BCUT2D eigenvalue weighted by atomic mass is 11.0. The van der Waals surface area contributed by atoms with Crippen LogP contribution in [0.3, 0.4) is 0 Å². The van der Waals surface area contributed by atoms with Gasteiger partial charge in [0.15, 0.2) is 0 Å². The molecule has 1 unspecified atom stereocenters. The molecule has 0 rings (SSSR count). The van der Waals surface area contributed by atoms with E-state index in [2.05, 4.69) is 0 Å². The largest absolute Gasteiger partial charge is 0.223 e. The van der Waals surface area contributed by atoms with E-state index in [9.17, 15) is 0 Å². The molecular weight excluding hydrogens is 197 g/mol. The van der Waals surface area contributed by atoms with E-state index in [4.69, 9.17) is 4.61 Å². The lowest BCUT2D eigenvalue weighted by Crippen LogP contribution is -1.49. The second-order valence-electron chi connectivity index (χ2n) is 0.653. The van der Waals surface area contributed by atoms with Crippen LogP contribution in [0.25, 0.3) is 0 Å². The fourth-order valence-electron chi connectivity index (χ4n) is 0. The van der Waals surface area contributed by atoms with Crippen molar-refractivity contribution in [1.29, 1.82) is 4.61 Å². The molecule has 0 saturated carbocycles. The lowest BCUT2D eigenvalue weighted by molar-refractivity contribution is 1.51. The topological polar surface area (TPSA) is 23.8 Å². The maximum absolute atomic E-state index is 8.41. The number of hydrogen-bond donors (Lipinski definition) is 1. The fourth-order valence-corrected chi connectivity index (χ4v) is 0. The Hall–Kier alpha value is 0.790. The molecular formula is C2H6INS. The van der Waals surface area contributed by atoms with Crippen molar-refractivity contribution in [3.63, 3.8) is 0 Å². The summed E-state index contributed by atoms with van der Waals surface area (Å²) < 4.78 is 8.41. The summed E-state index contributed by atoms with van der Waals surface area (Å²) in [7, 11) is -0.628. The van der Waals surface area contributed by atoms with Crippen molar-refractivity contribution in [2.75, 3.05) is 5.75 Å². The second kappa shape index (κ2) is 3.00. The standard InChI is InChI=1S/C2H6INS/c1-2-5(3)4/h5H,2H2,1H3. The van der Waals surface area contributed by atoms with E-state index >= 15 is 0 Å². The molecule has 0 aromatic heterocycles. The van der Waals surface area contributed by atoms with Gasteiger partial charge < -0.3 is 0 Å². The van der Waals surface area contributed by atoms with Crippen LogP contribution in [-0.4, -0.2) is 5.75 Å². The minimum atomic E-state index is -0.628. The van der Waals surface area contributed by atoms with Gasteiger partial charge in [-0.1, -0.05) is 6.92 Å². The Morgan fingerprint density at radius 3 is 2.20 bits per heavy atom. The Balaban J connectivity index is 2.97. The fraction of sp³-hybridized carbons (Fsp3) is 1.00.